The molecule has 3 nitrogen and oxygen atoms in total. The van der Waals surface area contributed by atoms with E-state index in [1.807, 2.05) is 60.7 Å². The molecule has 3 rings (SSSR count). The number of rotatable bonds is 4. The summed E-state index contributed by atoms with van der Waals surface area (Å²) in [7, 11) is 3.28. The minimum atomic E-state index is 0.115. The highest BCUT2D eigenvalue weighted by atomic mass is 32.2. The predicted molar refractivity (Wildman–Crippen MR) is 104 cm³/mol. The highest BCUT2D eigenvalue weighted by Crippen LogP contribution is 2.28. The van der Waals surface area contributed by atoms with E-state index in [1.54, 1.807) is 26.0 Å². The van der Waals surface area contributed by atoms with Gasteiger partial charge in [-0.05, 0) is 47.5 Å². The summed E-state index contributed by atoms with van der Waals surface area (Å²) in [6.45, 7) is 0. The van der Waals surface area contributed by atoms with Crippen LogP contribution in [-0.2, 0) is 4.79 Å². The number of benzene rings is 2. The number of hydrogen-bond acceptors (Lipinski definition) is 4. The Morgan fingerprint density at radius 1 is 0.840 bits per heavy atom. The van der Waals surface area contributed by atoms with E-state index in [4.69, 9.17) is 9.47 Å². The Labute approximate surface area is 152 Å². The summed E-state index contributed by atoms with van der Waals surface area (Å²) in [4.78, 5) is 12.8. The van der Waals surface area contributed by atoms with Gasteiger partial charge >= 0.3 is 0 Å². The minimum Gasteiger partial charge on any atom is -0.497 e. The molecule has 1 aliphatic rings. The molecule has 0 aliphatic carbocycles. The van der Waals surface area contributed by atoms with Gasteiger partial charge in [0.05, 0.1) is 14.2 Å². The van der Waals surface area contributed by atoms with Crippen LogP contribution in [0.4, 0.5) is 0 Å². The van der Waals surface area contributed by atoms with Crippen molar-refractivity contribution in [2.24, 2.45) is 0 Å². The lowest BCUT2D eigenvalue weighted by Gasteiger charge is -2.16. The van der Waals surface area contributed by atoms with Gasteiger partial charge in [-0.3, -0.25) is 4.79 Å². The van der Waals surface area contributed by atoms with Crippen molar-refractivity contribution >= 4 is 29.7 Å². The molecule has 0 aromatic heterocycles. The molecule has 2 aromatic rings. The first-order chi connectivity index (χ1) is 12.2. The molecule has 1 heterocycles. The van der Waals surface area contributed by atoms with E-state index >= 15 is 0 Å². The van der Waals surface area contributed by atoms with Crippen molar-refractivity contribution in [3.63, 3.8) is 0 Å². The topological polar surface area (TPSA) is 35.5 Å². The van der Waals surface area contributed by atoms with Gasteiger partial charge in [0, 0.05) is 22.7 Å². The van der Waals surface area contributed by atoms with E-state index in [9.17, 15) is 4.79 Å². The van der Waals surface area contributed by atoms with Crippen LogP contribution in [0.15, 0.2) is 59.7 Å². The second-order valence-electron chi connectivity index (χ2n) is 5.71. The number of carbonyl (C=O) groups is 1. The van der Waals surface area contributed by atoms with Crippen LogP contribution in [0.25, 0.3) is 12.2 Å². The fourth-order valence-electron chi connectivity index (χ4n) is 2.69. The summed E-state index contributed by atoms with van der Waals surface area (Å²) < 4.78 is 10.5. The Kier molecular flexibility index (Phi) is 5.61. The minimum absolute atomic E-state index is 0.115. The van der Waals surface area contributed by atoms with Crippen LogP contribution >= 0.6 is 11.8 Å². The second-order valence-corrected chi connectivity index (χ2v) is 6.70. The van der Waals surface area contributed by atoms with Gasteiger partial charge in [0.15, 0.2) is 5.78 Å². The molecule has 0 saturated carbocycles. The van der Waals surface area contributed by atoms with E-state index in [0.29, 0.717) is 0 Å². The van der Waals surface area contributed by atoms with Crippen LogP contribution in [0.1, 0.15) is 11.1 Å². The van der Waals surface area contributed by atoms with Gasteiger partial charge in [-0.1, -0.05) is 24.3 Å². The van der Waals surface area contributed by atoms with Crippen LogP contribution in [0.5, 0.6) is 11.5 Å². The zero-order chi connectivity index (χ0) is 17.6. The molecule has 0 bridgehead atoms. The molecule has 4 heteroatoms. The first kappa shape index (κ1) is 17.4. The van der Waals surface area contributed by atoms with Gasteiger partial charge in [-0.25, -0.2) is 0 Å². The third-order valence-electron chi connectivity index (χ3n) is 3.97. The third-order valence-corrected chi connectivity index (χ3v) is 5.00. The van der Waals surface area contributed by atoms with Crippen LogP contribution in [0.3, 0.4) is 0 Å². The molecule has 1 saturated heterocycles. The molecule has 1 aliphatic heterocycles. The molecule has 0 N–H and O–H groups in total. The average molecular weight is 352 g/mol. The zero-order valence-corrected chi connectivity index (χ0v) is 15.1. The Balaban J connectivity index is 1.87. The second kappa shape index (κ2) is 8.08. The van der Waals surface area contributed by atoms with Gasteiger partial charge < -0.3 is 9.47 Å². The molecule has 25 heavy (non-hydrogen) atoms. The quantitative estimate of drug-likeness (QED) is 0.760. The Bertz CT molecular complexity index is 769. The first-order valence-corrected chi connectivity index (χ1v) is 9.17. The molecule has 128 valence electrons. The maximum atomic E-state index is 12.8. The van der Waals surface area contributed by atoms with Crippen molar-refractivity contribution in [1.29, 1.82) is 0 Å². The summed E-state index contributed by atoms with van der Waals surface area (Å²) in [5, 5.41) is 0. The number of methoxy groups -OCH3 is 2. The zero-order valence-electron chi connectivity index (χ0n) is 14.3. The van der Waals surface area contributed by atoms with Crippen LogP contribution in [0, 0.1) is 0 Å². The molecule has 2 aromatic carbocycles. The number of thioether (sulfide) groups is 1. The summed E-state index contributed by atoms with van der Waals surface area (Å²) >= 11 is 1.75. The lowest BCUT2D eigenvalue weighted by Crippen LogP contribution is -2.16. The Hall–Kier alpha value is -2.46. The van der Waals surface area contributed by atoms with Crippen molar-refractivity contribution in [1.82, 2.24) is 0 Å². The molecule has 0 amide bonds. The van der Waals surface area contributed by atoms with E-state index in [-0.39, 0.29) is 5.78 Å². The number of carbonyl (C=O) groups excluding carboxylic acids is 1. The lowest BCUT2D eigenvalue weighted by atomic mass is 10.0. The average Bonchev–Trinajstić information content (AvgIpc) is 2.65. The molecule has 0 atom stereocenters. The van der Waals surface area contributed by atoms with Gasteiger partial charge in [-0.2, -0.15) is 11.8 Å². The third kappa shape index (κ3) is 4.34. The van der Waals surface area contributed by atoms with Crippen LogP contribution in [0.2, 0.25) is 0 Å². The molecular weight excluding hydrogens is 332 g/mol. The molecule has 0 radical (unpaired) electrons. The van der Waals surface area contributed by atoms with E-state index in [1.165, 1.54) is 0 Å². The smallest absolute Gasteiger partial charge is 0.186 e. The van der Waals surface area contributed by atoms with E-state index in [2.05, 4.69) is 0 Å². The number of ketones is 1. The van der Waals surface area contributed by atoms with Gasteiger partial charge in [0.2, 0.25) is 0 Å². The molecule has 1 fully saturated rings. The molecule has 0 spiro atoms. The predicted octanol–water partition coefficient (Wildman–Crippen LogP) is 4.49. The Morgan fingerprint density at radius 2 is 1.32 bits per heavy atom. The highest BCUT2D eigenvalue weighted by Gasteiger charge is 2.21. The SMILES string of the molecule is COc1cccc(/C=C2\CSC/C(=C\c3cccc(OC)c3)C2=O)c1. The van der Waals surface area contributed by atoms with E-state index in [0.717, 1.165) is 45.3 Å². The standard InChI is InChI=1S/C21H20O3S/c1-23-19-7-3-5-15(11-19)9-17-13-25-14-18(21(17)22)10-16-6-4-8-20(12-16)24-2/h3-12H,13-14H2,1-2H3/b17-9+,18-10+. The summed E-state index contributed by atoms with van der Waals surface area (Å²) in [6.07, 6.45) is 3.91. The molecule has 0 unspecified atom stereocenters. The monoisotopic (exact) mass is 352 g/mol. The summed E-state index contributed by atoms with van der Waals surface area (Å²) in [5.41, 5.74) is 3.59. The van der Waals surface area contributed by atoms with Crippen molar-refractivity contribution < 1.29 is 14.3 Å². The number of hydrogen-bond donors (Lipinski definition) is 0. The van der Waals surface area contributed by atoms with Gasteiger partial charge in [0.25, 0.3) is 0 Å². The first-order valence-electron chi connectivity index (χ1n) is 8.01. The lowest BCUT2D eigenvalue weighted by molar-refractivity contribution is -0.112. The largest absolute Gasteiger partial charge is 0.497 e. The maximum Gasteiger partial charge on any atom is 0.186 e. The van der Waals surface area contributed by atoms with Crippen molar-refractivity contribution in [3.8, 4) is 11.5 Å². The van der Waals surface area contributed by atoms with Gasteiger partial charge in [-0.15, -0.1) is 0 Å². The van der Waals surface area contributed by atoms with Crippen molar-refractivity contribution in [3.05, 3.63) is 70.8 Å². The normalized spacial score (nSPS) is 17.8. The summed E-state index contributed by atoms with van der Waals surface area (Å²) in [6, 6.07) is 15.5. The maximum absolute atomic E-state index is 12.8. The van der Waals surface area contributed by atoms with Crippen molar-refractivity contribution in [2.45, 2.75) is 0 Å². The Morgan fingerprint density at radius 3 is 1.76 bits per heavy atom. The molecular formula is C21H20O3S. The number of ether oxygens (including phenoxy) is 2. The van der Waals surface area contributed by atoms with Crippen molar-refractivity contribution in [2.75, 3.05) is 25.7 Å². The highest BCUT2D eigenvalue weighted by molar-refractivity contribution is 7.99. The van der Waals surface area contributed by atoms with Crippen LogP contribution in [-0.4, -0.2) is 31.5 Å². The number of Topliss-reactive ketones (excluding diaryl/α,β-unsaturated/α-hetero) is 1. The summed E-state index contributed by atoms with van der Waals surface area (Å²) in [5.74, 6) is 3.15. The van der Waals surface area contributed by atoms with Gasteiger partial charge in [0.1, 0.15) is 11.5 Å². The van der Waals surface area contributed by atoms with Crippen LogP contribution < -0.4 is 9.47 Å². The van der Waals surface area contributed by atoms with E-state index < -0.39 is 0 Å². The fraction of sp³-hybridized carbons (Fsp3) is 0.190. The fourth-order valence-corrected chi connectivity index (χ4v) is 3.66.